The number of nitrogens with zero attached hydrogens (tertiary/aromatic N) is 3. The van der Waals surface area contributed by atoms with E-state index >= 15 is 0 Å². The number of carbonyl (C=O) groups is 1. The summed E-state index contributed by atoms with van der Waals surface area (Å²) in [5, 5.41) is 15.6. The minimum absolute atomic E-state index is 0.146. The van der Waals surface area contributed by atoms with Gasteiger partial charge in [0.15, 0.2) is 5.11 Å². The van der Waals surface area contributed by atoms with Crippen molar-refractivity contribution < 1.29 is 9.53 Å². The molecule has 0 saturated heterocycles. The molecular weight excluding hydrogens is 481 g/mol. The van der Waals surface area contributed by atoms with E-state index in [-0.39, 0.29) is 5.11 Å². The quantitative estimate of drug-likeness (QED) is 0.349. The Morgan fingerprint density at radius 2 is 1.73 bits per heavy atom. The molecule has 0 bridgehead atoms. The minimum Gasteiger partial charge on any atom is -0.494 e. The van der Waals surface area contributed by atoms with Crippen LogP contribution < -0.4 is 15.4 Å². The molecule has 0 fully saturated rings. The standard InChI is InChI=1S/C23H19Cl2N5O2S/c1-3-32-16-7-5-15(6-8-16)30-28-20-10-13(2)19(12-21(20)29-30)26-23(33)27-22(31)14-4-9-17(24)18(25)11-14/h4-12H,3H2,1-2H3,(H2,26,27,31,33). The zero-order chi connectivity index (χ0) is 23.5. The van der Waals surface area contributed by atoms with Crippen LogP contribution in [-0.2, 0) is 0 Å². The average molecular weight is 500 g/mol. The van der Waals surface area contributed by atoms with Gasteiger partial charge in [-0.2, -0.15) is 4.80 Å². The molecule has 4 rings (SSSR count). The number of benzene rings is 3. The molecule has 0 spiro atoms. The van der Waals surface area contributed by atoms with Crippen molar-refractivity contribution in [3.8, 4) is 11.4 Å². The van der Waals surface area contributed by atoms with E-state index in [2.05, 4.69) is 20.8 Å². The van der Waals surface area contributed by atoms with E-state index in [1.54, 1.807) is 16.9 Å². The van der Waals surface area contributed by atoms with E-state index in [1.807, 2.05) is 50.2 Å². The molecule has 33 heavy (non-hydrogen) atoms. The van der Waals surface area contributed by atoms with Crippen molar-refractivity contribution in [1.29, 1.82) is 0 Å². The maximum absolute atomic E-state index is 12.5. The van der Waals surface area contributed by atoms with Crippen molar-refractivity contribution in [2.24, 2.45) is 0 Å². The first-order valence-corrected chi connectivity index (χ1v) is 11.2. The Labute approximate surface area is 205 Å². The number of thiocarbonyl (C=S) groups is 1. The summed E-state index contributed by atoms with van der Waals surface area (Å²) in [5.74, 6) is 0.392. The fourth-order valence-electron chi connectivity index (χ4n) is 3.13. The summed E-state index contributed by atoms with van der Waals surface area (Å²) < 4.78 is 5.48. The number of nitrogens with one attached hydrogen (secondary N) is 2. The Morgan fingerprint density at radius 3 is 2.39 bits per heavy atom. The number of anilines is 1. The lowest BCUT2D eigenvalue weighted by molar-refractivity contribution is 0.0977. The third kappa shape index (κ3) is 5.24. The number of amides is 1. The summed E-state index contributed by atoms with van der Waals surface area (Å²) in [7, 11) is 0. The highest BCUT2D eigenvalue weighted by molar-refractivity contribution is 7.80. The Hall–Kier alpha value is -3.20. The summed E-state index contributed by atoms with van der Waals surface area (Å²) in [6.07, 6.45) is 0. The molecule has 1 heterocycles. The first-order valence-electron chi connectivity index (χ1n) is 10.0. The summed E-state index contributed by atoms with van der Waals surface area (Å²) >= 11 is 17.2. The van der Waals surface area contributed by atoms with Gasteiger partial charge in [0.2, 0.25) is 0 Å². The van der Waals surface area contributed by atoms with Crippen LogP contribution in [0.5, 0.6) is 5.75 Å². The van der Waals surface area contributed by atoms with Crippen LogP contribution in [0.3, 0.4) is 0 Å². The second-order valence-electron chi connectivity index (χ2n) is 7.11. The number of hydrogen-bond acceptors (Lipinski definition) is 5. The maximum Gasteiger partial charge on any atom is 0.257 e. The van der Waals surface area contributed by atoms with Crippen LogP contribution in [0.1, 0.15) is 22.8 Å². The third-order valence-corrected chi connectivity index (χ3v) is 5.71. The lowest BCUT2D eigenvalue weighted by Gasteiger charge is -2.12. The Balaban J connectivity index is 1.50. The molecule has 7 nitrogen and oxygen atoms in total. The number of rotatable bonds is 5. The zero-order valence-electron chi connectivity index (χ0n) is 17.7. The van der Waals surface area contributed by atoms with Crippen molar-refractivity contribution in [2.45, 2.75) is 13.8 Å². The lowest BCUT2D eigenvalue weighted by atomic mass is 10.2. The van der Waals surface area contributed by atoms with Crippen molar-refractivity contribution in [3.05, 3.63) is 75.8 Å². The number of aromatic nitrogens is 3. The van der Waals surface area contributed by atoms with E-state index in [0.29, 0.717) is 33.4 Å². The highest BCUT2D eigenvalue weighted by Gasteiger charge is 2.13. The Morgan fingerprint density at radius 1 is 1.03 bits per heavy atom. The van der Waals surface area contributed by atoms with Crippen molar-refractivity contribution >= 4 is 63.2 Å². The summed E-state index contributed by atoms with van der Waals surface area (Å²) in [5.41, 5.74) is 4.17. The van der Waals surface area contributed by atoms with Crippen LogP contribution in [-0.4, -0.2) is 32.6 Å². The van der Waals surface area contributed by atoms with Crippen LogP contribution in [0.4, 0.5) is 5.69 Å². The van der Waals surface area contributed by atoms with Gasteiger partial charge in [-0.15, -0.1) is 10.2 Å². The van der Waals surface area contributed by atoms with Crippen molar-refractivity contribution in [3.63, 3.8) is 0 Å². The zero-order valence-corrected chi connectivity index (χ0v) is 20.1. The van der Waals surface area contributed by atoms with Gasteiger partial charge in [0.25, 0.3) is 5.91 Å². The summed E-state index contributed by atoms with van der Waals surface area (Å²) in [4.78, 5) is 14.0. The second kappa shape index (κ2) is 9.74. The summed E-state index contributed by atoms with van der Waals surface area (Å²) in [6.45, 7) is 4.46. The predicted molar refractivity (Wildman–Crippen MR) is 135 cm³/mol. The van der Waals surface area contributed by atoms with Gasteiger partial charge in [-0.1, -0.05) is 23.2 Å². The third-order valence-electron chi connectivity index (χ3n) is 4.76. The largest absolute Gasteiger partial charge is 0.494 e. The Kier molecular flexibility index (Phi) is 6.78. The van der Waals surface area contributed by atoms with E-state index in [9.17, 15) is 4.79 Å². The molecule has 0 aliphatic heterocycles. The van der Waals surface area contributed by atoms with E-state index in [4.69, 9.17) is 40.2 Å². The average Bonchev–Trinajstić information content (AvgIpc) is 3.19. The number of aryl methyl sites for hydroxylation is 1. The molecule has 2 N–H and O–H groups in total. The molecule has 0 radical (unpaired) electrons. The maximum atomic E-state index is 12.5. The van der Waals surface area contributed by atoms with Gasteiger partial charge < -0.3 is 10.1 Å². The highest BCUT2D eigenvalue weighted by Crippen LogP contribution is 2.24. The van der Waals surface area contributed by atoms with Crippen LogP contribution >= 0.6 is 35.4 Å². The Bertz CT molecular complexity index is 1360. The van der Waals surface area contributed by atoms with Gasteiger partial charge in [0.05, 0.1) is 22.3 Å². The van der Waals surface area contributed by atoms with Crippen LogP contribution in [0, 0.1) is 6.92 Å². The van der Waals surface area contributed by atoms with Crippen LogP contribution in [0.25, 0.3) is 16.7 Å². The first-order chi connectivity index (χ1) is 15.8. The predicted octanol–water partition coefficient (Wildman–Crippen LogP) is 5.56. The normalized spacial score (nSPS) is 10.8. The van der Waals surface area contributed by atoms with Crippen molar-refractivity contribution in [2.75, 3.05) is 11.9 Å². The van der Waals surface area contributed by atoms with Gasteiger partial charge in [-0.3, -0.25) is 10.1 Å². The molecule has 0 atom stereocenters. The topological polar surface area (TPSA) is 81.1 Å². The van der Waals surface area contributed by atoms with E-state index in [1.165, 1.54) is 6.07 Å². The number of carbonyl (C=O) groups excluding carboxylic acids is 1. The molecule has 1 amide bonds. The molecule has 0 unspecified atom stereocenters. The lowest BCUT2D eigenvalue weighted by Crippen LogP contribution is -2.34. The number of hydrogen-bond donors (Lipinski definition) is 2. The van der Waals surface area contributed by atoms with Crippen molar-refractivity contribution in [1.82, 2.24) is 20.3 Å². The van der Waals surface area contributed by atoms with Crippen LogP contribution in [0.2, 0.25) is 10.0 Å². The molecule has 0 aliphatic rings. The molecule has 1 aromatic heterocycles. The fourth-order valence-corrected chi connectivity index (χ4v) is 3.63. The molecule has 0 aliphatic carbocycles. The second-order valence-corrected chi connectivity index (χ2v) is 8.33. The van der Waals surface area contributed by atoms with E-state index < -0.39 is 5.91 Å². The minimum atomic E-state index is -0.397. The molecule has 0 saturated carbocycles. The number of ether oxygens (including phenoxy) is 1. The molecule has 10 heteroatoms. The molecule has 3 aromatic carbocycles. The monoisotopic (exact) mass is 499 g/mol. The van der Waals surface area contributed by atoms with Gasteiger partial charge in [-0.25, -0.2) is 0 Å². The highest BCUT2D eigenvalue weighted by atomic mass is 35.5. The van der Waals surface area contributed by atoms with Gasteiger partial charge >= 0.3 is 0 Å². The molecule has 168 valence electrons. The molecule has 4 aromatic rings. The number of fused-ring (bicyclic) bond motifs is 1. The number of halogens is 2. The fraction of sp³-hybridized carbons (Fsp3) is 0.130. The SMILES string of the molecule is CCOc1ccc(-n2nc3cc(C)c(NC(=S)NC(=O)c4ccc(Cl)c(Cl)c4)cc3n2)cc1. The smallest absolute Gasteiger partial charge is 0.257 e. The van der Waals surface area contributed by atoms with Gasteiger partial charge in [0, 0.05) is 11.3 Å². The van der Waals surface area contributed by atoms with E-state index in [0.717, 1.165) is 22.5 Å². The summed E-state index contributed by atoms with van der Waals surface area (Å²) in [6, 6.07) is 15.9. The van der Waals surface area contributed by atoms with Crippen LogP contribution in [0.15, 0.2) is 54.6 Å². The van der Waals surface area contributed by atoms with Gasteiger partial charge in [0.1, 0.15) is 16.8 Å². The van der Waals surface area contributed by atoms with Gasteiger partial charge in [-0.05, 0) is 86.2 Å². The first kappa shape index (κ1) is 23.0. The molecular formula is C23H19Cl2N5O2S.